The van der Waals surface area contributed by atoms with E-state index in [4.69, 9.17) is 33.0 Å². The van der Waals surface area contributed by atoms with E-state index in [9.17, 15) is 4.79 Å². The normalized spacial score (nSPS) is 10.6. The Labute approximate surface area is 136 Å². The van der Waals surface area contributed by atoms with E-state index >= 15 is 0 Å². The summed E-state index contributed by atoms with van der Waals surface area (Å²) in [6.07, 6.45) is 0. The number of carboxylic acid groups (broad SMARTS) is 1. The summed E-state index contributed by atoms with van der Waals surface area (Å²) in [5.41, 5.74) is -0.114. The molecule has 0 heterocycles. The van der Waals surface area contributed by atoms with Crippen LogP contribution in [0.15, 0.2) is 12.1 Å². The van der Waals surface area contributed by atoms with Gasteiger partial charge >= 0.3 is 5.97 Å². The van der Waals surface area contributed by atoms with Gasteiger partial charge in [-0.3, -0.25) is 0 Å². The largest absolute Gasteiger partial charge is 0.494 e. The molecule has 1 aromatic carbocycles. The number of hydrogen-bond acceptors (Lipinski definition) is 2. The third-order valence-electron chi connectivity index (χ3n) is 3.77. The Kier molecular flexibility index (Phi) is 8.71. The van der Waals surface area contributed by atoms with E-state index in [1.54, 1.807) is 0 Å². The van der Waals surface area contributed by atoms with Crippen LogP contribution in [0.5, 0.6) is 5.75 Å². The first-order valence-electron chi connectivity index (χ1n) is 6.85. The van der Waals surface area contributed by atoms with E-state index in [2.05, 4.69) is 27.8 Å². The Balaban J connectivity index is 0.000000433. The third kappa shape index (κ3) is 5.73. The van der Waals surface area contributed by atoms with Crippen LogP contribution in [-0.4, -0.2) is 49.4 Å². The number of methoxy groups -OCH3 is 1. The second kappa shape index (κ2) is 9.13. The van der Waals surface area contributed by atoms with Crippen molar-refractivity contribution in [3.8, 4) is 5.75 Å². The number of nitrogens with zero attached hydrogens (tertiary/aromatic N) is 1. The highest BCUT2D eigenvalue weighted by Gasteiger charge is 2.18. The molecule has 0 radical (unpaired) electrons. The van der Waals surface area contributed by atoms with Crippen molar-refractivity contribution in [1.82, 2.24) is 0 Å². The Morgan fingerprint density at radius 3 is 1.81 bits per heavy atom. The molecule has 120 valence electrons. The number of hydrogen-bond donors (Lipinski definition) is 1. The maximum Gasteiger partial charge on any atom is 0.341 e. The maximum atomic E-state index is 10.7. The number of carbonyl (C=O) groups is 1. The van der Waals surface area contributed by atoms with E-state index in [1.165, 1.54) is 43.4 Å². The molecule has 21 heavy (non-hydrogen) atoms. The van der Waals surface area contributed by atoms with Crippen molar-refractivity contribution in [2.75, 3.05) is 33.8 Å². The number of aromatic carboxylic acids is 1. The van der Waals surface area contributed by atoms with Crippen LogP contribution >= 0.6 is 23.2 Å². The van der Waals surface area contributed by atoms with Gasteiger partial charge in [0.25, 0.3) is 0 Å². The van der Waals surface area contributed by atoms with Crippen LogP contribution in [0.1, 0.15) is 31.1 Å². The highest BCUT2D eigenvalue weighted by Crippen LogP contribution is 2.33. The molecular formula is C15H24Cl2NO3+. The van der Waals surface area contributed by atoms with Crippen LogP contribution in [0, 0.1) is 0 Å². The number of halogens is 2. The average Bonchev–Trinajstić information content (AvgIpc) is 2.48. The number of carboxylic acids is 1. The molecule has 0 fully saturated rings. The molecule has 0 amide bonds. The van der Waals surface area contributed by atoms with Crippen molar-refractivity contribution in [3.63, 3.8) is 0 Å². The summed E-state index contributed by atoms with van der Waals surface area (Å²) in [6.45, 7) is 10.5. The molecule has 4 nitrogen and oxygen atoms in total. The van der Waals surface area contributed by atoms with Crippen molar-refractivity contribution in [2.45, 2.75) is 20.8 Å². The zero-order valence-electron chi connectivity index (χ0n) is 13.2. The molecule has 0 aliphatic rings. The number of rotatable bonds is 5. The molecule has 0 atom stereocenters. The quantitative estimate of drug-likeness (QED) is 0.820. The molecule has 0 spiro atoms. The van der Waals surface area contributed by atoms with Gasteiger partial charge in [-0.25, -0.2) is 4.79 Å². The van der Waals surface area contributed by atoms with Crippen molar-refractivity contribution >= 4 is 29.2 Å². The monoisotopic (exact) mass is 336 g/mol. The lowest BCUT2D eigenvalue weighted by atomic mass is 10.2. The smallest absolute Gasteiger partial charge is 0.341 e. The summed E-state index contributed by atoms with van der Waals surface area (Å²) in [5, 5.41) is 9.11. The Morgan fingerprint density at radius 2 is 1.57 bits per heavy atom. The zero-order valence-corrected chi connectivity index (χ0v) is 14.8. The highest BCUT2D eigenvalue weighted by atomic mass is 35.5. The number of benzene rings is 1. The van der Waals surface area contributed by atoms with Gasteiger partial charge < -0.3 is 14.3 Å². The van der Waals surface area contributed by atoms with Gasteiger partial charge in [0.05, 0.1) is 43.8 Å². The molecule has 1 N–H and O–H groups in total. The fourth-order valence-corrected chi connectivity index (χ4v) is 2.07. The minimum Gasteiger partial charge on any atom is -0.494 e. The average molecular weight is 337 g/mol. The summed E-state index contributed by atoms with van der Waals surface area (Å²) < 4.78 is 6.03. The zero-order chi connectivity index (χ0) is 16.6. The summed E-state index contributed by atoms with van der Waals surface area (Å²) in [4.78, 5) is 10.7. The molecule has 0 aliphatic carbocycles. The van der Waals surface area contributed by atoms with Crippen LogP contribution in [0.25, 0.3) is 0 Å². The first-order valence-corrected chi connectivity index (χ1v) is 7.60. The second-order valence-electron chi connectivity index (χ2n) is 4.81. The maximum absolute atomic E-state index is 10.7. The summed E-state index contributed by atoms with van der Waals surface area (Å²) in [5.74, 6) is -1.08. The van der Waals surface area contributed by atoms with Crippen LogP contribution in [-0.2, 0) is 0 Å². The van der Waals surface area contributed by atoms with Gasteiger partial charge in [-0.2, -0.15) is 0 Å². The molecule has 0 saturated carbocycles. The lowest BCUT2D eigenvalue weighted by Crippen LogP contribution is -2.42. The lowest BCUT2D eigenvalue weighted by molar-refractivity contribution is -0.904. The fourth-order valence-electron chi connectivity index (χ4n) is 1.60. The minimum absolute atomic E-state index is 0.0849. The van der Waals surface area contributed by atoms with Gasteiger partial charge in [0.15, 0.2) is 5.75 Å². The third-order valence-corrected chi connectivity index (χ3v) is 4.38. The molecule has 0 bridgehead atoms. The highest BCUT2D eigenvalue weighted by molar-refractivity contribution is 6.36. The van der Waals surface area contributed by atoms with Crippen LogP contribution < -0.4 is 4.74 Å². The van der Waals surface area contributed by atoms with Crippen molar-refractivity contribution in [1.29, 1.82) is 0 Å². The van der Waals surface area contributed by atoms with Crippen molar-refractivity contribution in [2.24, 2.45) is 0 Å². The van der Waals surface area contributed by atoms with Crippen LogP contribution in [0.2, 0.25) is 10.0 Å². The Bertz CT molecular complexity index is 466. The van der Waals surface area contributed by atoms with E-state index in [-0.39, 0.29) is 21.4 Å². The number of quaternary nitrogens is 1. The summed E-state index contributed by atoms with van der Waals surface area (Å²) in [6, 6.07) is 2.89. The molecule has 0 aliphatic heterocycles. The van der Waals surface area contributed by atoms with Gasteiger partial charge in [-0.1, -0.05) is 23.2 Å². The molecule has 1 rings (SSSR count). The second-order valence-corrected chi connectivity index (χ2v) is 5.63. The molecular weight excluding hydrogens is 313 g/mol. The SMILES string of the molecule is CC[N+](C)(CC)CC.COc1c(Cl)ccc(Cl)c1C(=O)O. The molecule has 0 unspecified atom stereocenters. The van der Waals surface area contributed by atoms with Crippen LogP contribution in [0.4, 0.5) is 0 Å². The van der Waals surface area contributed by atoms with E-state index in [1.807, 2.05) is 0 Å². The van der Waals surface area contributed by atoms with Crippen molar-refractivity contribution in [3.05, 3.63) is 27.7 Å². The van der Waals surface area contributed by atoms with Gasteiger partial charge in [-0.05, 0) is 32.9 Å². The molecule has 0 saturated heterocycles. The summed E-state index contributed by atoms with van der Waals surface area (Å²) in [7, 11) is 3.63. The van der Waals surface area contributed by atoms with E-state index in [0.717, 1.165) is 0 Å². The Hall–Kier alpha value is -0.970. The predicted octanol–water partition coefficient (Wildman–Crippen LogP) is 4.19. The topological polar surface area (TPSA) is 46.5 Å². The molecule has 0 aromatic heterocycles. The van der Waals surface area contributed by atoms with Gasteiger partial charge in [0.2, 0.25) is 0 Å². The van der Waals surface area contributed by atoms with Gasteiger partial charge in [0.1, 0.15) is 5.56 Å². The van der Waals surface area contributed by atoms with Gasteiger partial charge in [-0.15, -0.1) is 0 Å². The van der Waals surface area contributed by atoms with E-state index < -0.39 is 5.97 Å². The number of ether oxygens (including phenoxy) is 1. The predicted molar refractivity (Wildman–Crippen MR) is 87.8 cm³/mol. The first-order chi connectivity index (χ1) is 9.76. The van der Waals surface area contributed by atoms with Crippen molar-refractivity contribution < 1.29 is 19.1 Å². The summed E-state index contributed by atoms with van der Waals surface area (Å²) >= 11 is 11.4. The molecule has 6 heteroatoms. The minimum atomic E-state index is -1.16. The van der Waals surface area contributed by atoms with Gasteiger partial charge in [0, 0.05) is 0 Å². The fraction of sp³-hybridized carbons (Fsp3) is 0.533. The first kappa shape index (κ1) is 20.0. The molecule has 1 aromatic rings. The lowest BCUT2D eigenvalue weighted by Gasteiger charge is -2.30. The van der Waals surface area contributed by atoms with E-state index in [0.29, 0.717) is 0 Å². The Morgan fingerprint density at radius 1 is 1.14 bits per heavy atom. The standard InChI is InChI=1S/C8H6Cl2O3.C7H18N/c1-13-7-5(10)3-2-4(9)6(7)8(11)12;1-5-8(4,6-2)7-3/h2-3H,1H3,(H,11,12);5-7H2,1-4H3/q;+1. The van der Waals surface area contributed by atoms with Crippen LogP contribution in [0.3, 0.4) is 0 Å².